The van der Waals surface area contributed by atoms with Gasteiger partial charge in [-0.1, -0.05) is 28.1 Å². The number of benzene rings is 2. The first-order valence-corrected chi connectivity index (χ1v) is 10.8. The molecule has 172 valence electrons. The number of rotatable bonds is 9. The van der Waals surface area contributed by atoms with Gasteiger partial charge in [0.2, 0.25) is 5.91 Å². The van der Waals surface area contributed by atoms with Crippen molar-refractivity contribution >= 4 is 55.9 Å². The molecule has 9 nitrogen and oxygen atoms in total. The molecule has 0 bridgehead atoms. The Morgan fingerprint density at radius 3 is 2.73 bits per heavy atom. The highest BCUT2D eigenvalue weighted by molar-refractivity contribution is 9.10. The van der Waals surface area contributed by atoms with Crippen LogP contribution in [0.15, 0.2) is 59.4 Å². The molecule has 33 heavy (non-hydrogen) atoms. The van der Waals surface area contributed by atoms with Crippen LogP contribution in [0.2, 0.25) is 0 Å². The Hall–Kier alpha value is -3.66. The number of methoxy groups -OCH3 is 2. The first-order chi connectivity index (χ1) is 15.9. The molecule has 2 aromatic carbocycles. The molecule has 0 aliphatic heterocycles. The van der Waals surface area contributed by atoms with Gasteiger partial charge in [-0.15, -0.1) is 0 Å². The summed E-state index contributed by atoms with van der Waals surface area (Å²) in [6.07, 6.45) is 4.56. The highest BCUT2D eigenvalue weighted by Gasteiger charge is 2.12. The smallest absolute Gasteiger partial charge is 0.325 e. The Morgan fingerprint density at radius 2 is 2.00 bits per heavy atom. The summed E-state index contributed by atoms with van der Waals surface area (Å²) in [5, 5.41) is 7.36. The summed E-state index contributed by atoms with van der Waals surface area (Å²) in [4.78, 5) is 33.4. The van der Waals surface area contributed by atoms with Crippen LogP contribution >= 0.6 is 15.9 Å². The maximum atomic E-state index is 12.1. The number of halogens is 1. The van der Waals surface area contributed by atoms with Gasteiger partial charge in [0, 0.05) is 41.3 Å². The van der Waals surface area contributed by atoms with Crippen LogP contribution in [0, 0.1) is 0 Å². The third-order valence-corrected chi connectivity index (χ3v) is 5.18. The van der Waals surface area contributed by atoms with E-state index in [9.17, 15) is 9.59 Å². The molecular formula is C23H24BrN5O4. The summed E-state index contributed by atoms with van der Waals surface area (Å²) < 4.78 is 11.0. The average molecular weight is 514 g/mol. The molecule has 3 aromatic rings. The summed E-state index contributed by atoms with van der Waals surface area (Å²) in [5.74, 6) is 0.477. The van der Waals surface area contributed by atoms with E-state index in [0.717, 1.165) is 26.8 Å². The number of aromatic nitrogens is 2. The van der Waals surface area contributed by atoms with Crippen LogP contribution in [0.1, 0.15) is 0 Å². The van der Waals surface area contributed by atoms with Gasteiger partial charge in [0.15, 0.2) is 0 Å². The number of ether oxygens (including phenoxy) is 2. The fourth-order valence-electron chi connectivity index (χ4n) is 2.99. The topological polar surface area (TPSA) is 106 Å². The molecule has 2 N–H and O–H groups in total. The van der Waals surface area contributed by atoms with Gasteiger partial charge in [-0.2, -0.15) is 0 Å². The second-order valence-electron chi connectivity index (χ2n) is 6.98. The van der Waals surface area contributed by atoms with Crippen molar-refractivity contribution in [2.45, 2.75) is 0 Å². The summed E-state index contributed by atoms with van der Waals surface area (Å²) in [7, 11) is 4.39. The van der Waals surface area contributed by atoms with Crippen molar-refractivity contribution in [3.05, 3.63) is 59.4 Å². The minimum absolute atomic E-state index is 0.112. The van der Waals surface area contributed by atoms with Crippen molar-refractivity contribution in [3.8, 4) is 5.75 Å². The first kappa shape index (κ1) is 24.0. The second kappa shape index (κ2) is 11.3. The van der Waals surface area contributed by atoms with Crippen LogP contribution < -0.4 is 15.4 Å². The molecule has 0 atom stereocenters. The third kappa shape index (κ3) is 6.42. The van der Waals surface area contributed by atoms with Crippen LogP contribution in [0.3, 0.4) is 0 Å². The van der Waals surface area contributed by atoms with E-state index in [1.54, 1.807) is 13.2 Å². The van der Waals surface area contributed by atoms with Gasteiger partial charge in [-0.25, -0.2) is 9.97 Å². The van der Waals surface area contributed by atoms with Crippen LogP contribution in [0.5, 0.6) is 5.75 Å². The number of carbonyl (C=O) groups excluding carboxylic acids is 2. The fourth-order valence-corrected chi connectivity index (χ4v) is 3.38. The monoisotopic (exact) mass is 513 g/mol. The van der Waals surface area contributed by atoms with E-state index in [1.165, 1.54) is 31.5 Å². The quantitative estimate of drug-likeness (QED) is 0.329. The van der Waals surface area contributed by atoms with Crippen molar-refractivity contribution in [2.24, 2.45) is 0 Å². The maximum Gasteiger partial charge on any atom is 0.325 e. The summed E-state index contributed by atoms with van der Waals surface area (Å²) in [6, 6.07) is 11.5. The number of nitrogens with zero attached hydrogens (tertiary/aromatic N) is 3. The average Bonchev–Trinajstić information content (AvgIpc) is 2.81. The molecule has 1 amide bonds. The molecule has 10 heteroatoms. The van der Waals surface area contributed by atoms with Crippen LogP contribution in [0.25, 0.3) is 10.9 Å². The highest BCUT2D eigenvalue weighted by atomic mass is 79.9. The van der Waals surface area contributed by atoms with Crippen LogP contribution in [-0.4, -0.2) is 61.1 Å². The lowest BCUT2D eigenvalue weighted by Crippen LogP contribution is -2.31. The zero-order valence-corrected chi connectivity index (χ0v) is 20.0. The molecule has 0 aliphatic rings. The standard InChI is InChI=1S/C23H24BrN5O4/c1-29(13-22(31)33-3)21(30)8-5-9-25-19-11-17-18(12-20(19)32-2)26-14-27-23(17)28-16-7-4-6-15(24)10-16/h4-8,10-12,14,25H,9,13H2,1-3H3,(H,26,27,28). The SMILES string of the molecule is COC(=O)CN(C)C(=O)C=CCNc1cc2c(Nc3cccc(Br)c3)ncnc2cc1OC. The molecule has 0 unspecified atom stereocenters. The Kier molecular flexibility index (Phi) is 8.20. The number of likely N-dealkylation sites (N-methyl/N-ethyl adjacent to an activating group) is 1. The second-order valence-corrected chi connectivity index (χ2v) is 7.90. The van der Waals surface area contributed by atoms with Gasteiger partial charge < -0.3 is 25.0 Å². The van der Waals surface area contributed by atoms with Gasteiger partial charge in [0.1, 0.15) is 24.4 Å². The number of esters is 1. The third-order valence-electron chi connectivity index (χ3n) is 4.68. The van der Waals surface area contributed by atoms with E-state index in [0.29, 0.717) is 18.1 Å². The van der Waals surface area contributed by atoms with Gasteiger partial charge in [0.05, 0.1) is 25.4 Å². The van der Waals surface area contributed by atoms with E-state index in [4.69, 9.17) is 4.74 Å². The van der Waals surface area contributed by atoms with Crippen LogP contribution in [-0.2, 0) is 14.3 Å². The Morgan fingerprint density at radius 1 is 1.18 bits per heavy atom. The number of carbonyl (C=O) groups is 2. The molecule has 0 spiro atoms. The molecule has 0 saturated carbocycles. The predicted molar refractivity (Wildman–Crippen MR) is 131 cm³/mol. The largest absolute Gasteiger partial charge is 0.495 e. The van der Waals surface area contributed by atoms with Crippen molar-refractivity contribution in [2.75, 3.05) is 45.0 Å². The molecule has 0 fully saturated rings. The number of amides is 1. The number of fused-ring (bicyclic) bond motifs is 1. The van der Waals surface area contributed by atoms with E-state index in [1.807, 2.05) is 36.4 Å². The zero-order valence-electron chi connectivity index (χ0n) is 18.5. The molecule has 0 saturated heterocycles. The zero-order chi connectivity index (χ0) is 23.8. The minimum atomic E-state index is -0.479. The van der Waals surface area contributed by atoms with Crippen LogP contribution in [0.4, 0.5) is 17.2 Å². The molecule has 0 radical (unpaired) electrons. The lowest BCUT2D eigenvalue weighted by Gasteiger charge is -2.14. The number of nitrogens with one attached hydrogen (secondary N) is 2. The van der Waals surface area contributed by atoms with E-state index in [-0.39, 0.29) is 12.5 Å². The molecule has 0 aliphatic carbocycles. The van der Waals surface area contributed by atoms with Gasteiger partial charge >= 0.3 is 5.97 Å². The molecular weight excluding hydrogens is 490 g/mol. The number of hydrogen-bond donors (Lipinski definition) is 2. The van der Waals surface area contributed by atoms with Crippen molar-refractivity contribution in [1.82, 2.24) is 14.9 Å². The number of anilines is 3. The van der Waals surface area contributed by atoms with Crippen molar-refractivity contribution < 1.29 is 19.1 Å². The number of hydrogen-bond acceptors (Lipinski definition) is 8. The van der Waals surface area contributed by atoms with E-state index in [2.05, 4.69) is 41.3 Å². The fraction of sp³-hybridized carbons (Fsp3) is 0.217. The van der Waals surface area contributed by atoms with Gasteiger partial charge in [-0.3, -0.25) is 9.59 Å². The highest BCUT2D eigenvalue weighted by Crippen LogP contribution is 2.33. The predicted octanol–water partition coefficient (Wildman–Crippen LogP) is 3.74. The first-order valence-electron chi connectivity index (χ1n) is 9.99. The van der Waals surface area contributed by atoms with E-state index < -0.39 is 5.97 Å². The molecule has 1 aromatic heterocycles. The maximum absolute atomic E-state index is 12.1. The van der Waals surface area contributed by atoms with Crippen molar-refractivity contribution in [1.29, 1.82) is 0 Å². The minimum Gasteiger partial charge on any atom is -0.495 e. The normalized spacial score (nSPS) is 10.8. The lowest BCUT2D eigenvalue weighted by molar-refractivity contribution is -0.144. The van der Waals surface area contributed by atoms with Gasteiger partial charge in [0.25, 0.3) is 0 Å². The Labute approximate surface area is 199 Å². The lowest BCUT2D eigenvalue weighted by atomic mass is 10.2. The van der Waals surface area contributed by atoms with E-state index >= 15 is 0 Å². The molecule has 1 heterocycles. The Bertz CT molecular complexity index is 1180. The molecule has 3 rings (SSSR count). The Balaban J connectivity index is 1.77. The summed E-state index contributed by atoms with van der Waals surface area (Å²) in [5.41, 5.74) is 2.32. The summed E-state index contributed by atoms with van der Waals surface area (Å²) in [6.45, 7) is 0.251. The summed E-state index contributed by atoms with van der Waals surface area (Å²) >= 11 is 3.47. The van der Waals surface area contributed by atoms with Crippen molar-refractivity contribution in [3.63, 3.8) is 0 Å². The van der Waals surface area contributed by atoms with Gasteiger partial charge in [-0.05, 0) is 24.3 Å².